The first kappa shape index (κ1) is 13.4. The fourth-order valence-electron chi connectivity index (χ4n) is 2.91. The molecule has 1 fully saturated rings. The molecule has 1 atom stereocenters. The lowest BCUT2D eigenvalue weighted by molar-refractivity contribution is 0.304. The van der Waals surface area contributed by atoms with Crippen LogP contribution in [0.25, 0.3) is 11.0 Å². The third kappa shape index (κ3) is 2.21. The minimum atomic E-state index is -0.0794. The van der Waals surface area contributed by atoms with Crippen LogP contribution in [0.1, 0.15) is 44.8 Å². The Morgan fingerprint density at radius 1 is 1.42 bits per heavy atom. The van der Waals surface area contributed by atoms with Crippen LogP contribution >= 0.6 is 27.5 Å². The molecule has 0 N–H and O–H groups in total. The van der Waals surface area contributed by atoms with Crippen LogP contribution in [0.15, 0.2) is 22.7 Å². The van der Waals surface area contributed by atoms with E-state index in [0.29, 0.717) is 0 Å². The SMILES string of the molecule is CC(Cl)c1nc2ccc(Br)cc2n1C(C)(C)C1CC1. The van der Waals surface area contributed by atoms with Crippen molar-refractivity contribution in [3.8, 4) is 0 Å². The van der Waals surface area contributed by atoms with Crippen LogP contribution in [0.5, 0.6) is 0 Å². The van der Waals surface area contributed by atoms with E-state index in [4.69, 9.17) is 16.6 Å². The average Bonchev–Trinajstić information content (AvgIpc) is 3.10. The molecule has 1 aromatic carbocycles. The normalized spacial score (nSPS) is 17.9. The van der Waals surface area contributed by atoms with Gasteiger partial charge in [-0.3, -0.25) is 0 Å². The molecule has 4 heteroatoms. The zero-order valence-electron chi connectivity index (χ0n) is 11.5. The van der Waals surface area contributed by atoms with E-state index in [-0.39, 0.29) is 10.9 Å². The van der Waals surface area contributed by atoms with Gasteiger partial charge in [0.05, 0.1) is 16.4 Å². The molecule has 2 aromatic rings. The van der Waals surface area contributed by atoms with E-state index < -0.39 is 0 Å². The molecular weight excluding hydrogens is 324 g/mol. The first-order valence-corrected chi connectivity index (χ1v) is 7.96. The van der Waals surface area contributed by atoms with Crippen LogP contribution in [0.3, 0.4) is 0 Å². The van der Waals surface area contributed by atoms with Gasteiger partial charge in [-0.05, 0) is 57.7 Å². The number of aromatic nitrogens is 2. The van der Waals surface area contributed by atoms with E-state index in [9.17, 15) is 0 Å². The highest BCUT2D eigenvalue weighted by atomic mass is 79.9. The number of halogens is 2. The van der Waals surface area contributed by atoms with Gasteiger partial charge < -0.3 is 4.57 Å². The molecule has 1 heterocycles. The van der Waals surface area contributed by atoms with Crippen LogP contribution in [0.2, 0.25) is 0 Å². The van der Waals surface area contributed by atoms with Crippen LogP contribution < -0.4 is 0 Å². The fraction of sp³-hybridized carbons (Fsp3) is 0.533. The monoisotopic (exact) mass is 340 g/mol. The Morgan fingerprint density at radius 3 is 2.68 bits per heavy atom. The van der Waals surface area contributed by atoms with Crippen LogP contribution in [0, 0.1) is 5.92 Å². The highest BCUT2D eigenvalue weighted by molar-refractivity contribution is 9.10. The summed E-state index contributed by atoms with van der Waals surface area (Å²) in [5, 5.41) is -0.0794. The van der Waals surface area contributed by atoms with E-state index in [1.54, 1.807) is 0 Å². The maximum atomic E-state index is 6.36. The van der Waals surface area contributed by atoms with Crippen molar-refractivity contribution in [2.24, 2.45) is 5.92 Å². The zero-order chi connectivity index (χ0) is 13.8. The predicted molar refractivity (Wildman–Crippen MR) is 83.7 cm³/mol. The summed E-state index contributed by atoms with van der Waals surface area (Å²) < 4.78 is 3.43. The third-order valence-electron chi connectivity index (χ3n) is 4.15. The van der Waals surface area contributed by atoms with Crippen LogP contribution in [-0.2, 0) is 5.54 Å². The van der Waals surface area contributed by atoms with Crippen molar-refractivity contribution in [3.63, 3.8) is 0 Å². The molecule has 1 unspecified atom stereocenters. The maximum absolute atomic E-state index is 6.36. The molecule has 0 spiro atoms. The van der Waals surface area contributed by atoms with E-state index in [0.717, 1.165) is 21.7 Å². The Balaban J connectivity index is 2.29. The van der Waals surface area contributed by atoms with Gasteiger partial charge in [0.1, 0.15) is 5.82 Å². The molecule has 0 aliphatic heterocycles. The average molecular weight is 342 g/mol. The Bertz CT molecular complexity index is 626. The van der Waals surface area contributed by atoms with E-state index in [2.05, 4.69) is 46.5 Å². The predicted octanol–water partition coefficient (Wildman–Crippen LogP) is 5.24. The number of fused-ring (bicyclic) bond motifs is 1. The second-order valence-electron chi connectivity index (χ2n) is 5.98. The lowest BCUT2D eigenvalue weighted by Gasteiger charge is -2.30. The van der Waals surface area contributed by atoms with Gasteiger partial charge >= 0.3 is 0 Å². The van der Waals surface area contributed by atoms with Crippen molar-refractivity contribution < 1.29 is 0 Å². The van der Waals surface area contributed by atoms with Crippen LogP contribution in [0.4, 0.5) is 0 Å². The molecule has 2 nitrogen and oxygen atoms in total. The van der Waals surface area contributed by atoms with Gasteiger partial charge in [-0.1, -0.05) is 15.9 Å². The third-order valence-corrected chi connectivity index (χ3v) is 4.84. The topological polar surface area (TPSA) is 17.8 Å². The molecule has 0 saturated heterocycles. The molecule has 1 saturated carbocycles. The summed E-state index contributed by atoms with van der Waals surface area (Å²) in [4.78, 5) is 4.74. The Kier molecular flexibility index (Phi) is 3.18. The maximum Gasteiger partial charge on any atom is 0.128 e. The van der Waals surface area contributed by atoms with Gasteiger partial charge in [0.25, 0.3) is 0 Å². The largest absolute Gasteiger partial charge is 0.321 e. The van der Waals surface area contributed by atoms with Crippen molar-refractivity contribution >= 4 is 38.6 Å². The number of nitrogens with zero attached hydrogens (tertiary/aromatic N) is 2. The molecule has 3 rings (SSSR count). The lowest BCUT2D eigenvalue weighted by Crippen LogP contribution is -2.30. The van der Waals surface area contributed by atoms with Gasteiger partial charge in [0.2, 0.25) is 0 Å². The number of imidazole rings is 1. The molecular formula is C15H18BrClN2. The molecule has 0 amide bonds. The summed E-state index contributed by atoms with van der Waals surface area (Å²) in [6, 6.07) is 6.24. The van der Waals surface area contributed by atoms with Crippen molar-refractivity contribution in [1.82, 2.24) is 9.55 Å². The Hall–Kier alpha value is -0.540. The first-order chi connectivity index (χ1) is 8.91. The highest BCUT2D eigenvalue weighted by Gasteiger charge is 2.41. The summed E-state index contributed by atoms with van der Waals surface area (Å²) in [5.41, 5.74) is 2.28. The van der Waals surface area contributed by atoms with Gasteiger partial charge in [-0.25, -0.2) is 4.98 Å². The standard InChI is InChI=1S/C15H18BrClN2/c1-9(17)14-18-12-7-6-11(16)8-13(12)19(14)15(2,3)10-4-5-10/h6-10H,4-5H2,1-3H3. The molecule has 1 aromatic heterocycles. The van der Waals surface area contributed by atoms with E-state index >= 15 is 0 Å². The summed E-state index contributed by atoms with van der Waals surface area (Å²) in [7, 11) is 0. The van der Waals surface area contributed by atoms with Gasteiger partial charge in [-0.2, -0.15) is 0 Å². The lowest BCUT2D eigenvalue weighted by atomic mass is 9.97. The number of alkyl halides is 1. The smallest absolute Gasteiger partial charge is 0.128 e. The first-order valence-electron chi connectivity index (χ1n) is 6.73. The number of hydrogen-bond donors (Lipinski definition) is 0. The molecule has 0 radical (unpaired) electrons. The molecule has 1 aliphatic rings. The molecule has 0 bridgehead atoms. The van der Waals surface area contributed by atoms with Gasteiger partial charge in [-0.15, -0.1) is 11.6 Å². The summed E-state index contributed by atoms with van der Waals surface area (Å²) >= 11 is 9.91. The van der Waals surface area contributed by atoms with Crippen molar-refractivity contribution in [2.75, 3.05) is 0 Å². The summed E-state index contributed by atoms with van der Waals surface area (Å²) in [5.74, 6) is 1.71. The molecule has 1 aliphatic carbocycles. The second kappa shape index (κ2) is 4.49. The number of rotatable bonds is 3. The summed E-state index contributed by atoms with van der Waals surface area (Å²) in [6.45, 7) is 6.60. The van der Waals surface area contributed by atoms with E-state index in [1.807, 2.05) is 13.0 Å². The molecule has 19 heavy (non-hydrogen) atoms. The van der Waals surface area contributed by atoms with Crippen molar-refractivity contribution in [1.29, 1.82) is 0 Å². The van der Waals surface area contributed by atoms with Gasteiger partial charge in [0, 0.05) is 10.0 Å². The van der Waals surface area contributed by atoms with Crippen molar-refractivity contribution in [3.05, 3.63) is 28.5 Å². The zero-order valence-corrected chi connectivity index (χ0v) is 13.8. The van der Waals surface area contributed by atoms with Crippen molar-refractivity contribution in [2.45, 2.75) is 44.5 Å². The fourth-order valence-corrected chi connectivity index (χ4v) is 3.41. The Labute approximate surface area is 127 Å². The Morgan fingerprint density at radius 2 is 2.11 bits per heavy atom. The highest BCUT2D eigenvalue weighted by Crippen LogP contribution is 2.46. The minimum Gasteiger partial charge on any atom is -0.321 e. The molecule has 102 valence electrons. The quantitative estimate of drug-likeness (QED) is 0.698. The summed E-state index contributed by atoms with van der Waals surface area (Å²) in [6.07, 6.45) is 2.60. The number of hydrogen-bond acceptors (Lipinski definition) is 1. The number of benzene rings is 1. The van der Waals surface area contributed by atoms with Gasteiger partial charge in [0.15, 0.2) is 0 Å². The van der Waals surface area contributed by atoms with Crippen LogP contribution in [-0.4, -0.2) is 9.55 Å². The van der Waals surface area contributed by atoms with E-state index in [1.165, 1.54) is 18.4 Å². The second-order valence-corrected chi connectivity index (χ2v) is 7.55. The minimum absolute atomic E-state index is 0.0774.